The summed E-state index contributed by atoms with van der Waals surface area (Å²) in [6.45, 7) is 12.2. The first-order valence-corrected chi connectivity index (χ1v) is 15.3. The second-order valence-corrected chi connectivity index (χ2v) is 11.1. The molecule has 0 bridgehead atoms. The smallest absolute Gasteiger partial charge is 0.260 e. The van der Waals surface area contributed by atoms with Gasteiger partial charge in [0.05, 0.1) is 11.2 Å². The fraction of sp³-hybridized carbons (Fsp3) is 0.243. The number of hydrogen-bond acceptors (Lipinski definition) is 5. The molecule has 0 aliphatic carbocycles. The largest absolute Gasteiger partial charge is 0.456 e. The Balaban J connectivity index is 1.59. The summed E-state index contributed by atoms with van der Waals surface area (Å²) in [6.07, 6.45) is 1.80. The second kappa shape index (κ2) is 10.5. The van der Waals surface area contributed by atoms with Crippen LogP contribution in [-0.4, -0.2) is 37.1 Å². The average Bonchev–Trinajstić information content (AvgIpc) is 3.30. The molecule has 5 aromatic rings. The summed E-state index contributed by atoms with van der Waals surface area (Å²) in [7, 11) is 0. The third kappa shape index (κ3) is 3.86. The van der Waals surface area contributed by atoms with E-state index in [0.717, 1.165) is 82.3 Å². The van der Waals surface area contributed by atoms with E-state index < -0.39 is 5.54 Å². The van der Waals surface area contributed by atoms with Crippen LogP contribution in [0.25, 0.3) is 10.9 Å². The van der Waals surface area contributed by atoms with Crippen LogP contribution in [0.2, 0.25) is 0 Å². The van der Waals surface area contributed by atoms with Gasteiger partial charge in [-0.3, -0.25) is 14.7 Å². The number of nitrogens with zero attached hydrogens (tertiary/aromatic N) is 4. The molecule has 0 N–H and O–H groups in total. The Labute approximate surface area is 253 Å². The van der Waals surface area contributed by atoms with Gasteiger partial charge in [-0.05, 0) is 58.0 Å². The average molecular weight is 569 g/mol. The van der Waals surface area contributed by atoms with Gasteiger partial charge in [0.1, 0.15) is 17.0 Å². The molecule has 4 aromatic carbocycles. The topological polar surface area (TPSA) is 48.9 Å². The molecule has 43 heavy (non-hydrogen) atoms. The molecule has 6 heteroatoms. The summed E-state index contributed by atoms with van der Waals surface area (Å²) in [4.78, 5) is 26.1. The molecule has 0 atom stereocenters. The summed E-state index contributed by atoms with van der Waals surface area (Å²) in [5.74, 6) is 1.47. The number of hydrogen-bond donors (Lipinski definition) is 0. The molecule has 0 saturated heterocycles. The van der Waals surface area contributed by atoms with Crippen LogP contribution in [0, 0.1) is 0 Å². The van der Waals surface area contributed by atoms with Crippen molar-refractivity contribution in [2.24, 2.45) is 0 Å². The zero-order valence-corrected chi connectivity index (χ0v) is 25.2. The molecule has 2 aliphatic rings. The normalized spacial score (nSPS) is 14.3. The molecular weight excluding hydrogens is 532 g/mol. The van der Waals surface area contributed by atoms with Crippen molar-refractivity contribution in [1.29, 1.82) is 0 Å². The van der Waals surface area contributed by atoms with Crippen molar-refractivity contribution in [3.8, 4) is 11.5 Å². The molecular formula is C37H36N4O2. The molecule has 1 spiro atoms. The van der Waals surface area contributed by atoms with Crippen LogP contribution in [0.3, 0.4) is 0 Å². The number of carbonyl (C=O) groups excluding carboxylic acids is 1. The lowest BCUT2D eigenvalue weighted by molar-refractivity contribution is 0.0986. The summed E-state index contributed by atoms with van der Waals surface area (Å²) in [5, 5.41) is 0.986. The second-order valence-electron chi connectivity index (χ2n) is 11.1. The first-order chi connectivity index (χ1) is 21.1. The van der Waals surface area contributed by atoms with Gasteiger partial charge in [-0.25, -0.2) is 0 Å². The number of pyridine rings is 1. The van der Waals surface area contributed by atoms with Crippen molar-refractivity contribution < 1.29 is 9.53 Å². The first kappa shape index (κ1) is 27.0. The van der Waals surface area contributed by atoms with Crippen molar-refractivity contribution in [3.63, 3.8) is 0 Å². The minimum absolute atomic E-state index is 0.0480. The molecule has 0 radical (unpaired) electrons. The zero-order valence-electron chi connectivity index (χ0n) is 25.2. The number of anilines is 3. The van der Waals surface area contributed by atoms with E-state index in [1.807, 2.05) is 53.4 Å². The summed E-state index contributed by atoms with van der Waals surface area (Å²) >= 11 is 0. The van der Waals surface area contributed by atoms with Gasteiger partial charge in [0.15, 0.2) is 0 Å². The fourth-order valence-corrected chi connectivity index (χ4v) is 7.09. The molecule has 6 nitrogen and oxygen atoms in total. The van der Waals surface area contributed by atoms with E-state index in [2.05, 4.69) is 80.0 Å². The number of amides is 1. The lowest BCUT2D eigenvalue weighted by Gasteiger charge is -2.44. The zero-order chi connectivity index (χ0) is 29.7. The number of carbonyl (C=O) groups is 1. The van der Waals surface area contributed by atoms with Crippen LogP contribution in [0.4, 0.5) is 17.1 Å². The molecule has 3 heterocycles. The summed E-state index contributed by atoms with van der Waals surface area (Å²) in [6, 6.07) is 31.0. The maximum absolute atomic E-state index is 14.7. The van der Waals surface area contributed by atoms with E-state index in [4.69, 9.17) is 9.72 Å². The highest BCUT2D eigenvalue weighted by Crippen LogP contribution is 2.59. The molecule has 0 saturated carbocycles. The number of benzene rings is 4. The fourth-order valence-electron chi connectivity index (χ4n) is 7.09. The van der Waals surface area contributed by atoms with Crippen LogP contribution in [0.15, 0.2) is 97.2 Å². The Morgan fingerprint density at radius 3 is 1.93 bits per heavy atom. The van der Waals surface area contributed by atoms with Crippen molar-refractivity contribution in [3.05, 3.63) is 119 Å². The Hall–Kier alpha value is -4.84. The minimum Gasteiger partial charge on any atom is -0.456 e. The van der Waals surface area contributed by atoms with Crippen molar-refractivity contribution in [2.75, 3.05) is 40.9 Å². The van der Waals surface area contributed by atoms with Crippen LogP contribution in [-0.2, 0) is 5.54 Å². The number of ether oxygens (including phenoxy) is 1. The SMILES string of the molecule is CCN(CC)c1ccc2c(c1)Oc1cc(N(CC)CC)ccc1C21c2ccccc2C(=O)N1c1cccc2cccnc12. The third-order valence-electron chi connectivity index (χ3n) is 9.13. The predicted molar refractivity (Wildman–Crippen MR) is 175 cm³/mol. The van der Waals surface area contributed by atoms with Crippen molar-refractivity contribution in [2.45, 2.75) is 33.2 Å². The van der Waals surface area contributed by atoms with E-state index >= 15 is 0 Å². The third-order valence-corrected chi connectivity index (χ3v) is 9.13. The van der Waals surface area contributed by atoms with Gasteiger partial charge in [-0.2, -0.15) is 0 Å². The molecule has 0 fully saturated rings. The van der Waals surface area contributed by atoms with E-state index in [1.165, 1.54) is 0 Å². The van der Waals surface area contributed by atoms with Crippen molar-refractivity contribution in [1.82, 2.24) is 4.98 Å². The molecule has 7 rings (SSSR count). The van der Waals surface area contributed by atoms with Crippen LogP contribution < -0.4 is 19.4 Å². The van der Waals surface area contributed by atoms with Gasteiger partial charge in [-0.15, -0.1) is 0 Å². The van der Waals surface area contributed by atoms with Gasteiger partial charge in [-0.1, -0.05) is 48.5 Å². The van der Waals surface area contributed by atoms with Gasteiger partial charge >= 0.3 is 0 Å². The molecule has 2 aliphatic heterocycles. The molecule has 216 valence electrons. The van der Waals surface area contributed by atoms with Gasteiger partial charge < -0.3 is 14.5 Å². The molecule has 1 aromatic heterocycles. The minimum atomic E-state index is -0.952. The number of aromatic nitrogens is 1. The number of para-hydroxylation sites is 1. The summed E-state index contributed by atoms with van der Waals surface area (Å²) in [5.41, 5.74) is 6.33. The molecule has 1 amide bonds. The Morgan fingerprint density at radius 2 is 1.30 bits per heavy atom. The quantitative estimate of drug-likeness (QED) is 0.199. The predicted octanol–water partition coefficient (Wildman–Crippen LogP) is 7.99. The Kier molecular flexibility index (Phi) is 6.57. The van der Waals surface area contributed by atoms with Gasteiger partial charge in [0.25, 0.3) is 5.91 Å². The van der Waals surface area contributed by atoms with Gasteiger partial charge in [0.2, 0.25) is 0 Å². The van der Waals surface area contributed by atoms with E-state index in [9.17, 15) is 4.79 Å². The molecule has 0 unspecified atom stereocenters. The van der Waals surface area contributed by atoms with E-state index in [1.54, 1.807) is 6.20 Å². The van der Waals surface area contributed by atoms with Crippen LogP contribution in [0.5, 0.6) is 11.5 Å². The maximum Gasteiger partial charge on any atom is 0.260 e. The lowest BCUT2D eigenvalue weighted by Crippen LogP contribution is -2.47. The standard InChI is InChI=1S/C37H36N4O2/c1-5-39(6-2)26-18-20-30-33(23-26)43-34-24-27(40(7-3)8-4)19-21-31(34)37(30)29-16-10-9-15-28(29)36(42)41(37)32-17-11-13-25-14-12-22-38-35(25)32/h9-24H,5-8H2,1-4H3. The first-order valence-electron chi connectivity index (χ1n) is 15.3. The van der Waals surface area contributed by atoms with Crippen LogP contribution >= 0.6 is 0 Å². The highest BCUT2D eigenvalue weighted by molar-refractivity contribution is 6.17. The van der Waals surface area contributed by atoms with Crippen molar-refractivity contribution >= 4 is 33.9 Å². The Morgan fingerprint density at radius 1 is 0.698 bits per heavy atom. The lowest BCUT2D eigenvalue weighted by atomic mass is 9.74. The van der Waals surface area contributed by atoms with Crippen LogP contribution in [0.1, 0.15) is 54.7 Å². The highest BCUT2D eigenvalue weighted by Gasteiger charge is 2.57. The maximum atomic E-state index is 14.7. The summed E-state index contributed by atoms with van der Waals surface area (Å²) < 4.78 is 6.84. The van der Waals surface area contributed by atoms with E-state index in [0.29, 0.717) is 5.56 Å². The number of rotatable bonds is 7. The monoisotopic (exact) mass is 568 g/mol. The van der Waals surface area contributed by atoms with E-state index in [-0.39, 0.29) is 5.91 Å². The number of fused-ring (bicyclic) bond motifs is 7. The highest BCUT2D eigenvalue weighted by atomic mass is 16.5. The van der Waals surface area contributed by atoms with Gasteiger partial charge in [0, 0.05) is 83.5 Å². The Bertz CT molecular complexity index is 1790.